The van der Waals surface area contributed by atoms with Crippen LogP contribution in [0.2, 0.25) is 0 Å². The van der Waals surface area contributed by atoms with Gasteiger partial charge in [-0.15, -0.1) is 0 Å². The maximum Gasteiger partial charge on any atom is 1.00 e. The van der Waals surface area contributed by atoms with Gasteiger partial charge in [0, 0.05) is 55.2 Å². The van der Waals surface area contributed by atoms with Gasteiger partial charge in [-0.25, -0.2) is 65.3 Å². The summed E-state index contributed by atoms with van der Waals surface area (Å²) in [5.74, 6) is -1.47. The molecule has 0 unspecified atom stereocenters. The van der Waals surface area contributed by atoms with E-state index >= 15 is 0 Å². The van der Waals surface area contributed by atoms with E-state index in [9.17, 15) is 92.2 Å². The molecule has 0 aliphatic rings. The molecule has 0 saturated heterocycles. The van der Waals surface area contributed by atoms with Gasteiger partial charge in [-0.3, -0.25) is 9.59 Å². The molecule has 41 heteroatoms. The molecule has 0 atom stereocenters. The van der Waals surface area contributed by atoms with E-state index in [0.717, 1.165) is 12.1 Å². The fourth-order valence-electron chi connectivity index (χ4n) is 8.85. The van der Waals surface area contributed by atoms with Gasteiger partial charge in [0.1, 0.15) is 72.4 Å². The van der Waals surface area contributed by atoms with Gasteiger partial charge in [-0.1, -0.05) is 24.3 Å². The summed E-state index contributed by atoms with van der Waals surface area (Å²) < 4.78 is 218. The van der Waals surface area contributed by atoms with E-state index in [2.05, 4.69) is 41.2 Å². The Kier molecular flexibility index (Phi) is 26.4. The standard InChI is InChI=1S/C49H34N8O21S6.6Na/c58-47(56-35-11-13-39(81(67,68)69)31-19-29(79(61,62)63)21-41(43(31)35)83(73,74)75)25-7-9-33-37(17-25)54-45(52-33)23-3-1-5-27(15-23)50-49(60)51-28-6-2-4-24(16-28)46-53-34-10-8-26(18-38(34)55-46)48(59)57-36-12-14-40(82(70,71)72)32-20-30(80(64,65)66)22-42(44(32)36)84(76,77)78;;;;;;/h1-22H,(H,52,54)(H,53,55)(H,56,58)(H,57,59)(H2,50,51,60)(H,61,62,63)(H,64,65,66)(H,67,68,69)(H,70,71,72)(H,73,74,75)(H,76,77,78);;;;;;/q;6*+1/p-6. The van der Waals surface area contributed by atoms with Crippen molar-refractivity contribution >= 4 is 145 Å². The molecular formula is C49H28N8Na6O21S6. The Bertz CT molecular complexity index is 4990. The van der Waals surface area contributed by atoms with Crippen molar-refractivity contribution in [2.75, 3.05) is 21.3 Å². The molecular weight excluding hydrogens is 1370 g/mol. The quantitative estimate of drug-likeness (QED) is 0.0435. The molecule has 90 heavy (non-hydrogen) atoms. The van der Waals surface area contributed by atoms with Crippen LogP contribution in [0, 0.1) is 0 Å². The molecule has 0 bridgehead atoms. The summed E-state index contributed by atoms with van der Waals surface area (Å²) in [6.07, 6.45) is 0. The Morgan fingerprint density at radius 1 is 0.367 bits per heavy atom. The molecule has 0 aliphatic carbocycles. The van der Waals surface area contributed by atoms with E-state index in [1.165, 1.54) is 36.4 Å². The molecule has 10 rings (SSSR count). The molecule has 4 amide bonds. The summed E-state index contributed by atoms with van der Waals surface area (Å²) in [5.41, 5.74) is 1.26. The van der Waals surface area contributed by atoms with Crippen molar-refractivity contribution in [1.29, 1.82) is 0 Å². The molecule has 8 aromatic carbocycles. The van der Waals surface area contributed by atoms with Crippen LogP contribution in [0.1, 0.15) is 20.7 Å². The van der Waals surface area contributed by atoms with E-state index in [1.807, 2.05) is 0 Å². The van der Waals surface area contributed by atoms with Crippen LogP contribution in [-0.2, 0) is 60.7 Å². The Morgan fingerprint density at radius 3 is 1.03 bits per heavy atom. The Labute approximate surface area is 642 Å². The number of rotatable bonds is 14. The first-order chi connectivity index (χ1) is 39.1. The first-order valence-corrected chi connectivity index (χ1v) is 31.4. The molecule has 0 aliphatic heterocycles. The number of amides is 4. The number of hydrogen-bond acceptors (Lipinski definition) is 23. The number of aromatic nitrogens is 4. The van der Waals surface area contributed by atoms with Crippen molar-refractivity contribution in [3.8, 4) is 22.8 Å². The second-order valence-corrected chi connectivity index (χ2v) is 26.1. The largest absolute Gasteiger partial charge is 1.00 e. The maximum absolute atomic E-state index is 13.6. The van der Waals surface area contributed by atoms with Crippen molar-refractivity contribution in [2.24, 2.45) is 0 Å². The van der Waals surface area contributed by atoms with Crippen LogP contribution < -0.4 is 199 Å². The zero-order valence-electron chi connectivity index (χ0n) is 47.1. The first-order valence-electron chi connectivity index (χ1n) is 23.0. The summed E-state index contributed by atoms with van der Waals surface area (Å²) in [7, 11) is -33.4. The number of aromatic amines is 2. The maximum atomic E-state index is 13.6. The SMILES string of the molecule is O=C(Nc1cccc(-c2nc3cc(C(=O)Nc4ccc(S(=O)(=O)[O-])c5cc(S(=O)(=O)[O-])cc(S(=O)(=O)[O-])c45)ccc3[nH]2)c1)Nc1cccc(-c2nc3cc(C(=O)Nc4ccc(S(=O)(=O)[O-])c5cc(S(=O)(=O)[O-])cc(S(=O)(=O)[O-])c45)ccc3[nH]2)c1.[Na+].[Na+].[Na+].[Na+].[Na+].[Na+]. The first kappa shape index (κ1) is 79.3. The van der Waals surface area contributed by atoms with Crippen molar-refractivity contribution in [1.82, 2.24) is 19.9 Å². The van der Waals surface area contributed by atoms with Crippen molar-refractivity contribution < 1.29 is 270 Å². The van der Waals surface area contributed by atoms with Gasteiger partial charge >= 0.3 is 183 Å². The minimum atomic E-state index is -5.71. The van der Waals surface area contributed by atoms with Crippen LogP contribution in [0.25, 0.3) is 66.4 Å². The number of hydrogen-bond donors (Lipinski definition) is 6. The number of benzene rings is 8. The van der Waals surface area contributed by atoms with Crippen molar-refractivity contribution in [2.45, 2.75) is 29.4 Å². The second kappa shape index (κ2) is 29.9. The minimum absolute atomic E-state index is 0. The predicted octanol–water partition coefficient (Wildman–Crippen LogP) is -13.3. The normalized spacial score (nSPS) is 11.8. The molecule has 0 radical (unpaired) electrons. The van der Waals surface area contributed by atoms with Crippen LogP contribution in [0.5, 0.6) is 0 Å². The average Bonchev–Trinajstić information content (AvgIpc) is 1.02. The zero-order valence-corrected chi connectivity index (χ0v) is 64.0. The Hall–Kier alpha value is -3.11. The van der Waals surface area contributed by atoms with Gasteiger partial charge in [0.2, 0.25) is 0 Å². The number of imidazole rings is 2. The molecule has 29 nitrogen and oxygen atoms in total. The fraction of sp³-hybridized carbons (Fsp3) is 0. The van der Waals surface area contributed by atoms with E-state index in [0.29, 0.717) is 46.4 Å². The molecule has 0 saturated carbocycles. The van der Waals surface area contributed by atoms with Gasteiger partial charge in [0.15, 0.2) is 0 Å². The van der Waals surface area contributed by atoms with Gasteiger partial charge in [-0.2, -0.15) is 0 Å². The monoisotopic (exact) mass is 1390 g/mol. The Balaban J connectivity index is 0.00000288. The van der Waals surface area contributed by atoms with Gasteiger partial charge in [0.05, 0.1) is 62.8 Å². The number of nitrogens with zero attached hydrogens (tertiary/aromatic N) is 2. The van der Waals surface area contributed by atoms with E-state index < -0.39 is 141 Å². The fourth-order valence-corrected chi connectivity index (χ4v) is 12.9. The topological polar surface area (TPSA) is 500 Å². The molecule has 2 heterocycles. The van der Waals surface area contributed by atoms with Crippen molar-refractivity contribution in [3.63, 3.8) is 0 Å². The zero-order chi connectivity index (χ0) is 60.8. The van der Waals surface area contributed by atoms with Gasteiger partial charge in [-0.05, 0) is 109 Å². The number of urea groups is 1. The van der Waals surface area contributed by atoms with Crippen LogP contribution in [-0.4, -0.2) is 116 Å². The third kappa shape index (κ3) is 17.5. The predicted molar refractivity (Wildman–Crippen MR) is 287 cm³/mol. The summed E-state index contributed by atoms with van der Waals surface area (Å²) in [4.78, 5) is 47.9. The van der Waals surface area contributed by atoms with Crippen LogP contribution in [0.3, 0.4) is 0 Å². The van der Waals surface area contributed by atoms with Crippen LogP contribution in [0.15, 0.2) is 163 Å². The summed E-state index contributed by atoms with van der Waals surface area (Å²) >= 11 is 0. The van der Waals surface area contributed by atoms with E-state index in [4.69, 9.17) is 0 Å². The molecule has 2 aromatic heterocycles. The molecule has 10 aromatic rings. The molecule has 0 fully saturated rings. The minimum Gasteiger partial charge on any atom is -0.744 e. The van der Waals surface area contributed by atoms with E-state index in [-0.39, 0.29) is 235 Å². The third-order valence-corrected chi connectivity index (χ3v) is 17.6. The Morgan fingerprint density at radius 2 is 0.711 bits per heavy atom. The smallest absolute Gasteiger partial charge is 0.744 e. The van der Waals surface area contributed by atoms with Gasteiger partial charge in [0.25, 0.3) is 11.8 Å². The van der Waals surface area contributed by atoms with Crippen LogP contribution >= 0.6 is 0 Å². The average molecular weight is 1400 g/mol. The number of nitrogens with one attached hydrogen (secondary N) is 6. The second-order valence-electron chi connectivity index (χ2n) is 17.9. The number of carbonyl (C=O) groups excluding carboxylic acids is 3. The van der Waals surface area contributed by atoms with Crippen molar-refractivity contribution in [3.05, 3.63) is 145 Å². The third-order valence-electron chi connectivity index (χ3n) is 12.5. The molecule has 432 valence electrons. The summed E-state index contributed by atoms with van der Waals surface area (Å²) in [6, 6.07) is 24.1. The molecule has 6 N–H and O–H groups in total. The molecule has 0 spiro atoms. The number of carbonyl (C=O) groups is 3. The number of anilines is 4. The summed E-state index contributed by atoms with van der Waals surface area (Å²) in [5, 5.41) is 6.42. The van der Waals surface area contributed by atoms with E-state index in [1.54, 1.807) is 48.5 Å². The van der Waals surface area contributed by atoms with Crippen LogP contribution in [0.4, 0.5) is 27.5 Å². The van der Waals surface area contributed by atoms with Gasteiger partial charge < -0.3 is 58.6 Å². The number of fused-ring (bicyclic) bond motifs is 4. The number of H-pyrrole nitrogens is 2. The summed E-state index contributed by atoms with van der Waals surface area (Å²) in [6.45, 7) is 0.